The molecule has 3 rings (SSSR count). The maximum Gasteiger partial charge on any atom is 0.325 e. The van der Waals surface area contributed by atoms with Gasteiger partial charge in [0.15, 0.2) is 0 Å². The normalized spacial score (nSPS) is 22.4. The van der Waals surface area contributed by atoms with Crippen molar-refractivity contribution in [2.45, 2.75) is 18.6 Å². The first-order valence-corrected chi connectivity index (χ1v) is 7.23. The van der Waals surface area contributed by atoms with Crippen LogP contribution in [-0.2, 0) is 16.1 Å². The molecule has 0 aromatic heterocycles. The van der Waals surface area contributed by atoms with Crippen molar-refractivity contribution in [1.82, 2.24) is 4.90 Å². The Morgan fingerprint density at radius 2 is 1.96 bits per heavy atom. The molecule has 3 atom stereocenters. The summed E-state index contributed by atoms with van der Waals surface area (Å²) in [6.45, 7) is 0.591. The first kappa shape index (κ1) is 15.2. The summed E-state index contributed by atoms with van der Waals surface area (Å²) >= 11 is 0. The van der Waals surface area contributed by atoms with Crippen molar-refractivity contribution >= 4 is 11.7 Å². The van der Waals surface area contributed by atoms with Gasteiger partial charge in [0.05, 0.1) is 18.1 Å². The summed E-state index contributed by atoms with van der Waals surface area (Å²) in [5, 5.41) is 10.9. The summed E-state index contributed by atoms with van der Waals surface area (Å²) in [7, 11) is 1.35. The molecule has 1 fully saturated rings. The lowest BCUT2D eigenvalue weighted by molar-refractivity contribution is -0.384. The highest BCUT2D eigenvalue weighted by Gasteiger charge is 2.54. The van der Waals surface area contributed by atoms with Gasteiger partial charge in [-0.1, -0.05) is 42.5 Å². The fourth-order valence-electron chi connectivity index (χ4n) is 2.85. The first-order valence-electron chi connectivity index (χ1n) is 7.23. The molecule has 0 bridgehead atoms. The highest BCUT2D eigenvalue weighted by Crippen LogP contribution is 2.45. The molecule has 6 nitrogen and oxygen atoms in total. The first-order chi connectivity index (χ1) is 11.1. The lowest BCUT2D eigenvalue weighted by Gasteiger charge is -2.04. The fraction of sp³-hybridized carbons (Fsp3) is 0.235. The van der Waals surface area contributed by atoms with E-state index in [9.17, 15) is 14.9 Å². The van der Waals surface area contributed by atoms with Crippen LogP contribution in [0, 0.1) is 10.1 Å². The molecule has 118 valence electrons. The number of carbonyl (C=O) groups is 1. The lowest BCUT2D eigenvalue weighted by Crippen LogP contribution is -2.14. The Bertz CT molecular complexity index is 732. The average molecular weight is 312 g/mol. The zero-order chi connectivity index (χ0) is 16.4. The average Bonchev–Trinajstić information content (AvgIpc) is 3.29. The number of benzene rings is 2. The predicted octanol–water partition coefficient (Wildman–Crippen LogP) is 2.69. The van der Waals surface area contributed by atoms with Gasteiger partial charge in [-0.2, -0.15) is 0 Å². The van der Waals surface area contributed by atoms with Crippen LogP contribution in [0.4, 0.5) is 5.69 Å². The largest absolute Gasteiger partial charge is 0.468 e. The van der Waals surface area contributed by atoms with Crippen molar-refractivity contribution in [1.29, 1.82) is 0 Å². The number of hydrogen-bond donors (Lipinski definition) is 0. The second-order valence-electron chi connectivity index (χ2n) is 5.42. The zero-order valence-corrected chi connectivity index (χ0v) is 12.6. The van der Waals surface area contributed by atoms with Gasteiger partial charge in [-0.05, 0) is 11.1 Å². The van der Waals surface area contributed by atoms with Gasteiger partial charge in [-0.3, -0.25) is 19.8 Å². The number of carbonyl (C=O) groups excluding carboxylic acids is 1. The minimum absolute atomic E-state index is 0.0256. The summed E-state index contributed by atoms with van der Waals surface area (Å²) in [5.74, 6) is -0.322. The predicted molar refractivity (Wildman–Crippen MR) is 83.6 cm³/mol. The Balaban J connectivity index is 1.85. The molecule has 1 heterocycles. The summed E-state index contributed by atoms with van der Waals surface area (Å²) in [6, 6.07) is 15.6. The number of nitro groups is 1. The maximum atomic E-state index is 12.0. The van der Waals surface area contributed by atoms with Crippen LogP contribution in [0.1, 0.15) is 17.2 Å². The Hall–Kier alpha value is -2.73. The second-order valence-corrected chi connectivity index (χ2v) is 5.42. The van der Waals surface area contributed by atoms with Crippen molar-refractivity contribution in [2.75, 3.05) is 7.11 Å². The third-order valence-corrected chi connectivity index (χ3v) is 4.00. The fourth-order valence-corrected chi connectivity index (χ4v) is 2.85. The Labute approximate surface area is 133 Å². The molecule has 1 aliphatic rings. The van der Waals surface area contributed by atoms with E-state index in [0.29, 0.717) is 6.54 Å². The zero-order valence-electron chi connectivity index (χ0n) is 12.6. The van der Waals surface area contributed by atoms with Crippen LogP contribution in [-0.4, -0.2) is 28.9 Å². The van der Waals surface area contributed by atoms with Crippen LogP contribution < -0.4 is 0 Å². The number of nitro benzene ring substituents is 1. The van der Waals surface area contributed by atoms with Gasteiger partial charge in [-0.25, -0.2) is 0 Å². The van der Waals surface area contributed by atoms with Gasteiger partial charge in [-0.15, -0.1) is 0 Å². The molecule has 1 aliphatic heterocycles. The van der Waals surface area contributed by atoms with Crippen LogP contribution in [0.15, 0.2) is 54.6 Å². The van der Waals surface area contributed by atoms with Crippen LogP contribution in [0.2, 0.25) is 0 Å². The van der Waals surface area contributed by atoms with E-state index in [1.165, 1.54) is 19.2 Å². The summed E-state index contributed by atoms with van der Waals surface area (Å²) in [4.78, 5) is 24.5. The van der Waals surface area contributed by atoms with E-state index in [2.05, 4.69) is 0 Å². The molecule has 2 aromatic carbocycles. The molecule has 6 heteroatoms. The van der Waals surface area contributed by atoms with Crippen LogP contribution in [0.25, 0.3) is 0 Å². The lowest BCUT2D eigenvalue weighted by atomic mass is 10.1. The van der Waals surface area contributed by atoms with Gasteiger partial charge in [0.1, 0.15) is 6.04 Å². The van der Waals surface area contributed by atoms with E-state index in [4.69, 9.17) is 4.74 Å². The van der Waals surface area contributed by atoms with Crippen molar-refractivity contribution in [2.24, 2.45) is 0 Å². The number of hydrogen-bond acceptors (Lipinski definition) is 5. The van der Waals surface area contributed by atoms with E-state index in [1.54, 1.807) is 12.1 Å². The van der Waals surface area contributed by atoms with Gasteiger partial charge in [0, 0.05) is 18.7 Å². The second kappa shape index (κ2) is 6.18. The Kier molecular flexibility index (Phi) is 4.08. The highest BCUT2D eigenvalue weighted by atomic mass is 16.6. The topological polar surface area (TPSA) is 72.5 Å². The van der Waals surface area contributed by atoms with E-state index in [0.717, 1.165) is 11.1 Å². The molecule has 1 saturated heterocycles. The molecule has 2 aromatic rings. The quantitative estimate of drug-likeness (QED) is 0.367. The molecule has 0 spiro atoms. The highest BCUT2D eigenvalue weighted by molar-refractivity contribution is 5.80. The van der Waals surface area contributed by atoms with Crippen LogP contribution in [0.5, 0.6) is 0 Å². The number of esters is 1. The SMILES string of the molecule is COC(=O)[C@@H]1[C@@H](c2cccc([N+](=O)[O-])c2)N1Cc1ccccc1. The minimum atomic E-state index is -0.430. The number of rotatable bonds is 5. The molecule has 0 radical (unpaired) electrons. The van der Waals surface area contributed by atoms with Gasteiger partial charge in [0.2, 0.25) is 0 Å². The van der Waals surface area contributed by atoms with E-state index in [-0.39, 0.29) is 17.7 Å². The van der Waals surface area contributed by atoms with Crippen molar-refractivity contribution in [3.63, 3.8) is 0 Å². The minimum Gasteiger partial charge on any atom is -0.468 e. The molecule has 0 aliphatic carbocycles. The van der Waals surface area contributed by atoms with Crippen LogP contribution >= 0.6 is 0 Å². The van der Waals surface area contributed by atoms with Gasteiger partial charge >= 0.3 is 5.97 Å². The number of methoxy groups -OCH3 is 1. The molecular formula is C17H16N2O4. The van der Waals surface area contributed by atoms with Crippen molar-refractivity contribution < 1.29 is 14.5 Å². The van der Waals surface area contributed by atoms with E-state index >= 15 is 0 Å². The van der Waals surface area contributed by atoms with E-state index < -0.39 is 11.0 Å². The smallest absolute Gasteiger partial charge is 0.325 e. The number of non-ortho nitro benzene ring substituents is 1. The summed E-state index contributed by atoms with van der Waals surface area (Å²) in [5.41, 5.74) is 1.86. The van der Waals surface area contributed by atoms with Crippen molar-refractivity contribution in [3.05, 3.63) is 75.8 Å². The summed E-state index contributed by atoms with van der Waals surface area (Å²) in [6.07, 6.45) is 0. The molecule has 1 unspecified atom stereocenters. The summed E-state index contributed by atoms with van der Waals surface area (Å²) < 4.78 is 4.86. The monoisotopic (exact) mass is 312 g/mol. The molecule has 0 saturated carbocycles. The van der Waals surface area contributed by atoms with Crippen molar-refractivity contribution in [3.8, 4) is 0 Å². The standard InChI is InChI=1S/C17H16N2O4/c1-23-17(20)16-15(13-8-5-9-14(10-13)19(21)22)18(16)11-12-6-3-2-4-7-12/h2-10,15-16H,11H2,1H3/t15-,16+,18?/m1/s1. The maximum absolute atomic E-state index is 12.0. The van der Waals surface area contributed by atoms with Gasteiger partial charge < -0.3 is 4.74 Å². The van der Waals surface area contributed by atoms with Gasteiger partial charge in [0.25, 0.3) is 5.69 Å². The third-order valence-electron chi connectivity index (χ3n) is 4.00. The number of ether oxygens (including phenoxy) is 1. The van der Waals surface area contributed by atoms with Crippen LogP contribution in [0.3, 0.4) is 0 Å². The Morgan fingerprint density at radius 3 is 2.61 bits per heavy atom. The number of nitrogens with zero attached hydrogens (tertiary/aromatic N) is 2. The molecule has 0 N–H and O–H groups in total. The molecule has 0 amide bonds. The van der Waals surface area contributed by atoms with E-state index in [1.807, 2.05) is 35.2 Å². The Morgan fingerprint density at radius 1 is 1.22 bits per heavy atom. The molecule has 23 heavy (non-hydrogen) atoms. The third kappa shape index (κ3) is 3.07. The molecular weight excluding hydrogens is 296 g/mol.